The van der Waals surface area contributed by atoms with Crippen LogP contribution in [0.3, 0.4) is 0 Å². The highest BCUT2D eigenvalue weighted by molar-refractivity contribution is 5.95. The van der Waals surface area contributed by atoms with Crippen molar-refractivity contribution >= 4 is 17.9 Å². The zero-order valence-corrected chi connectivity index (χ0v) is 16.4. The molecular weight excluding hydrogens is 340 g/mol. The molecule has 2 spiro atoms. The van der Waals surface area contributed by atoms with Crippen molar-refractivity contribution in [1.29, 1.82) is 0 Å². The Labute approximate surface area is 165 Å². The van der Waals surface area contributed by atoms with E-state index < -0.39 is 0 Å². The van der Waals surface area contributed by atoms with E-state index in [-0.39, 0.29) is 5.92 Å². The Morgan fingerprint density at radius 2 is 1.68 bits per heavy atom. The Hall–Kier alpha value is -1.89. The number of rotatable bonds is 0. The fourth-order valence-corrected chi connectivity index (χ4v) is 9.22. The zero-order valence-electron chi connectivity index (χ0n) is 16.4. The maximum atomic E-state index is 13.0. The van der Waals surface area contributed by atoms with Crippen LogP contribution in [0.5, 0.6) is 0 Å². The summed E-state index contributed by atoms with van der Waals surface area (Å²) in [6, 6.07) is 6.99. The molecule has 8 aliphatic rings. The Morgan fingerprint density at radius 1 is 0.893 bits per heavy atom. The highest BCUT2D eigenvalue weighted by Crippen LogP contribution is 2.73. The summed E-state index contributed by atoms with van der Waals surface area (Å²) in [6.07, 6.45) is 16.3. The monoisotopic (exact) mass is 366 g/mol. The van der Waals surface area contributed by atoms with Crippen LogP contribution in [0.2, 0.25) is 0 Å². The molecule has 140 valence electrons. The van der Waals surface area contributed by atoms with Crippen molar-refractivity contribution in [2.24, 2.45) is 23.2 Å². The number of hydrogen-bond acceptors (Lipinski definition) is 1. The first kappa shape index (κ1) is 15.0. The van der Waals surface area contributed by atoms with Crippen LogP contribution in [0.1, 0.15) is 63.4 Å². The first-order valence-electron chi connectivity index (χ1n) is 11.6. The second-order valence-electron chi connectivity index (χ2n) is 10.7. The van der Waals surface area contributed by atoms with E-state index in [0.29, 0.717) is 16.6 Å². The van der Waals surface area contributed by atoms with E-state index in [1.165, 1.54) is 61.0 Å². The highest BCUT2D eigenvalue weighted by atomic mass is 16.1. The molecule has 0 radical (unpaired) electrons. The summed E-state index contributed by atoms with van der Waals surface area (Å²) in [6.45, 7) is 0. The van der Waals surface area contributed by atoms with Crippen LogP contribution in [-0.2, 0) is 10.2 Å². The minimum atomic E-state index is 0.0256. The lowest BCUT2D eigenvalue weighted by Gasteiger charge is -2.54. The van der Waals surface area contributed by atoms with E-state index in [4.69, 9.17) is 0 Å². The fourth-order valence-electron chi connectivity index (χ4n) is 9.22. The van der Waals surface area contributed by atoms with Crippen LogP contribution in [-0.4, -0.2) is 5.78 Å². The van der Waals surface area contributed by atoms with E-state index in [9.17, 15) is 4.79 Å². The highest BCUT2D eigenvalue weighted by Gasteiger charge is 2.63. The van der Waals surface area contributed by atoms with Gasteiger partial charge >= 0.3 is 0 Å². The zero-order chi connectivity index (χ0) is 18.3. The summed E-state index contributed by atoms with van der Waals surface area (Å²) < 4.78 is 0. The van der Waals surface area contributed by atoms with Gasteiger partial charge in [-0.1, -0.05) is 41.0 Å². The molecule has 0 heterocycles. The summed E-state index contributed by atoms with van der Waals surface area (Å²) in [7, 11) is 0. The number of Topliss-reactive ketones (excluding diaryl/α,β-unsaturated/α-hetero) is 1. The normalized spacial score (nSPS) is 43.4. The third kappa shape index (κ3) is 1.39. The summed E-state index contributed by atoms with van der Waals surface area (Å²) in [5, 5.41) is 2.80. The number of ketones is 1. The van der Waals surface area contributed by atoms with Gasteiger partial charge in [0.1, 0.15) is 5.78 Å². The quantitative estimate of drug-likeness (QED) is 0.632. The second-order valence-corrected chi connectivity index (χ2v) is 10.7. The summed E-state index contributed by atoms with van der Waals surface area (Å²) >= 11 is 0. The van der Waals surface area contributed by atoms with Gasteiger partial charge in [-0.15, -0.1) is 0 Å². The maximum absolute atomic E-state index is 13.0. The summed E-state index contributed by atoms with van der Waals surface area (Å²) in [5.41, 5.74) is 9.19. The van der Waals surface area contributed by atoms with Gasteiger partial charge in [-0.05, 0) is 90.9 Å². The van der Waals surface area contributed by atoms with Crippen molar-refractivity contribution in [2.75, 3.05) is 0 Å². The molecular formula is C27H26O. The van der Waals surface area contributed by atoms with Gasteiger partial charge in [-0.2, -0.15) is 0 Å². The van der Waals surface area contributed by atoms with Gasteiger partial charge in [-0.3, -0.25) is 4.79 Å². The first-order valence-corrected chi connectivity index (χ1v) is 11.6. The third-order valence-electron chi connectivity index (χ3n) is 10.0. The van der Waals surface area contributed by atoms with Crippen LogP contribution >= 0.6 is 0 Å². The third-order valence-corrected chi connectivity index (χ3v) is 10.0. The number of fused-ring (bicyclic) bond motifs is 3. The van der Waals surface area contributed by atoms with Crippen molar-refractivity contribution < 1.29 is 4.79 Å². The van der Waals surface area contributed by atoms with Crippen molar-refractivity contribution in [3.8, 4) is 0 Å². The van der Waals surface area contributed by atoms with E-state index in [2.05, 4.69) is 30.4 Å². The van der Waals surface area contributed by atoms with Crippen molar-refractivity contribution in [2.45, 2.75) is 63.2 Å². The standard InChI is InChI=1S/C27H26O/c28-23-5-4-22-19-13-18-16(12-20(19)23)2-1-3-21(18)26-9-6-15(7-10-26)24-25(26)17-8-11-27(22,24)14-17/h1-3,12-13,15,17,20H,4-11,14H2. The molecule has 0 amide bonds. The number of allylic oxidation sites excluding steroid dienone is 4. The molecule has 8 aliphatic carbocycles. The molecule has 1 aromatic rings. The van der Waals surface area contributed by atoms with E-state index in [1.807, 2.05) is 11.1 Å². The van der Waals surface area contributed by atoms with E-state index in [1.54, 1.807) is 11.1 Å². The molecule has 0 aliphatic heterocycles. The molecule has 28 heavy (non-hydrogen) atoms. The van der Waals surface area contributed by atoms with Gasteiger partial charge in [-0.25, -0.2) is 0 Å². The molecule has 0 saturated heterocycles. The Kier molecular flexibility index (Phi) is 2.40. The first-order chi connectivity index (χ1) is 13.7. The molecule has 0 aromatic heterocycles. The number of benzene rings is 1. The molecule has 3 atom stereocenters. The molecule has 0 N–H and O–H groups in total. The van der Waals surface area contributed by atoms with Gasteiger partial charge < -0.3 is 0 Å². The largest absolute Gasteiger partial charge is 0.299 e. The van der Waals surface area contributed by atoms with Gasteiger partial charge in [0.15, 0.2) is 0 Å². The van der Waals surface area contributed by atoms with Crippen molar-refractivity contribution in [3.05, 3.63) is 56.5 Å². The number of carbonyl (C=O) groups is 1. The molecule has 3 unspecified atom stereocenters. The molecule has 1 nitrogen and oxygen atoms in total. The van der Waals surface area contributed by atoms with Gasteiger partial charge in [0.2, 0.25) is 0 Å². The maximum Gasteiger partial charge on any atom is 0.144 e. The number of hydrogen-bond donors (Lipinski definition) is 0. The molecule has 2 fully saturated rings. The predicted octanol–water partition coefficient (Wildman–Crippen LogP) is 4.09. The van der Waals surface area contributed by atoms with Crippen LogP contribution in [0.15, 0.2) is 40.5 Å². The Balaban J connectivity index is 1.62. The van der Waals surface area contributed by atoms with Crippen LogP contribution in [0.25, 0.3) is 12.2 Å². The second kappa shape index (κ2) is 4.48. The summed E-state index contributed by atoms with van der Waals surface area (Å²) in [5.74, 6) is 2.13. The average Bonchev–Trinajstić information content (AvgIpc) is 3.32. The SMILES string of the molecule is O=C1CCC2=C3C=c4c(cccc4=CC13)C13CCC(CC1)C1=C3C3CCC21C3. The van der Waals surface area contributed by atoms with Crippen LogP contribution < -0.4 is 10.4 Å². The molecule has 9 rings (SSSR count). The lowest BCUT2D eigenvalue weighted by Crippen LogP contribution is -2.48. The average molecular weight is 367 g/mol. The number of carbonyl (C=O) groups excluding carboxylic acids is 1. The molecule has 8 bridgehead atoms. The molecule has 1 heteroatoms. The minimum absolute atomic E-state index is 0.0256. The summed E-state index contributed by atoms with van der Waals surface area (Å²) in [4.78, 5) is 13.0. The molecule has 2 saturated carbocycles. The Morgan fingerprint density at radius 3 is 2.57 bits per heavy atom. The van der Waals surface area contributed by atoms with Crippen molar-refractivity contribution in [1.82, 2.24) is 0 Å². The van der Waals surface area contributed by atoms with Gasteiger partial charge in [0, 0.05) is 17.3 Å². The smallest absolute Gasteiger partial charge is 0.144 e. The van der Waals surface area contributed by atoms with Gasteiger partial charge in [0.25, 0.3) is 0 Å². The predicted molar refractivity (Wildman–Crippen MR) is 110 cm³/mol. The van der Waals surface area contributed by atoms with Crippen molar-refractivity contribution in [3.63, 3.8) is 0 Å². The lowest BCUT2D eigenvalue weighted by atomic mass is 9.50. The van der Waals surface area contributed by atoms with E-state index >= 15 is 0 Å². The Bertz CT molecular complexity index is 1180. The van der Waals surface area contributed by atoms with Gasteiger partial charge in [0.05, 0.1) is 5.92 Å². The molecule has 1 aromatic carbocycles. The minimum Gasteiger partial charge on any atom is -0.299 e. The van der Waals surface area contributed by atoms with Crippen LogP contribution in [0.4, 0.5) is 0 Å². The van der Waals surface area contributed by atoms with E-state index in [0.717, 1.165) is 24.7 Å². The topological polar surface area (TPSA) is 17.1 Å². The lowest BCUT2D eigenvalue weighted by molar-refractivity contribution is -0.120. The van der Waals surface area contributed by atoms with Crippen LogP contribution in [0, 0.1) is 23.2 Å². The fraction of sp³-hybridized carbons (Fsp3) is 0.519.